The number of thioether (sulfide) groups is 1. The fraction of sp³-hybridized carbons (Fsp3) is 0.318. The van der Waals surface area contributed by atoms with E-state index in [0.29, 0.717) is 11.6 Å². The van der Waals surface area contributed by atoms with Crippen LogP contribution >= 0.6 is 11.8 Å². The Morgan fingerprint density at radius 3 is 2.41 bits per heavy atom. The third-order valence-corrected chi connectivity index (χ3v) is 6.05. The molecule has 1 heterocycles. The minimum atomic E-state index is -0.104. The number of hydrogen-bond donors (Lipinski definition) is 3. The summed E-state index contributed by atoms with van der Waals surface area (Å²) in [6, 6.07) is 16.2. The standard InChI is InChI=1S/C22H25N5OS/c28-21(17-8-6-16(7-9-17)14-29-22-23-15-24-27-22)26-20-12-10-19(11-13-20)25-18-4-2-1-3-5-18/h6-13,15,18,25H,1-5,14H2,(H,26,28)(H,23,24,27). The molecule has 6 nitrogen and oxygen atoms in total. The molecule has 0 spiro atoms. The summed E-state index contributed by atoms with van der Waals surface area (Å²) >= 11 is 1.57. The van der Waals surface area contributed by atoms with Crippen molar-refractivity contribution in [1.29, 1.82) is 0 Å². The van der Waals surface area contributed by atoms with E-state index in [4.69, 9.17) is 0 Å². The Morgan fingerprint density at radius 1 is 1.00 bits per heavy atom. The highest BCUT2D eigenvalue weighted by atomic mass is 32.2. The molecule has 2 aromatic carbocycles. The number of aromatic amines is 1. The van der Waals surface area contributed by atoms with Gasteiger partial charge < -0.3 is 10.6 Å². The predicted molar refractivity (Wildman–Crippen MR) is 117 cm³/mol. The Labute approximate surface area is 174 Å². The van der Waals surface area contributed by atoms with Crippen molar-refractivity contribution in [3.8, 4) is 0 Å². The van der Waals surface area contributed by atoms with E-state index in [1.165, 1.54) is 38.4 Å². The lowest BCUT2D eigenvalue weighted by atomic mass is 9.95. The van der Waals surface area contributed by atoms with Crippen molar-refractivity contribution in [2.24, 2.45) is 0 Å². The number of carbonyl (C=O) groups is 1. The zero-order valence-electron chi connectivity index (χ0n) is 16.2. The number of hydrogen-bond acceptors (Lipinski definition) is 5. The molecule has 1 aliphatic carbocycles. The lowest BCUT2D eigenvalue weighted by Crippen LogP contribution is -2.22. The zero-order chi connectivity index (χ0) is 19.9. The average molecular weight is 408 g/mol. The molecule has 150 valence electrons. The maximum Gasteiger partial charge on any atom is 0.255 e. The molecule has 1 aliphatic rings. The molecule has 7 heteroatoms. The van der Waals surface area contributed by atoms with Gasteiger partial charge in [-0.3, -0.25) is 9.89 Å². The fourth-order valence-electron chi connectivity index (χ4n) is 3.50. The summed E-state index contributed by atoms with van der Waals surface area (Å²) in [5, 5.41) is 14.0. The van der Waals surface area contributed by atoms with Crippen LogP contribution in [0.1, 0.15) is 48.0 Å². The second-order valence-electron chi connectivity index (χ2n) is 7.29. The van der Waals surface area contributed by atoms with Gasteiger partial charge in [0.2, 0.25) is 0 Å². The Balaban J connectivity index is 1.29. The second kappa shape index (κ2) is 9.60. The molecule has 3 N–H and O–H groups in total. The minimum Gasteiger partial charge on any atom is -0.382 e. The van der Waals surface area contributed by atoms with Crippen LogP contribution in [0.4, 0.5) is 11.4 Å². The van der Waals surface area contributed by atoms with Crippen molar-refractivity contribution in [3.63, 3.8) is 0 Å². The lowest BCUT2D eigenvalue weighted by Gasteiger charge is -2.23. The van der Waals surface area contributed by atoms with E-state index in [9.17, 15) is 4.79 Å². The predicted octanol–water partition coefficient (Wildman–Crippen LogP) is 5.09. The number of anilines is 2. The molecule has 29 heavy (non-hydrogen) atoms. The van der Waals surface area contributed by atoms with Crippen LogP contribution < -0.4 is 10.6 Å². The molecular weight excluding hydrogens is 382 g/mol. The normalized spacial score (nSPS) is 14.5. The van der Waals surface area contributed by atoms with Crippen LogP contribution in [0.25, 0.3) is 0 Å². The summed E-state index contributed by atoms with van der Waals surface area (Å²) in [6.07, 6.45) is 7.95. The number of carbonyl (C=O) groups excluding carboxylic acids is 1. The fourth-order valence-corrected chi connectivity index (χ4v) is 4.24. The highest BCUT2D eigenvalue weighted by Crippen LogP contribution is 2.23. The number of nitrogens with zero attached hydrogens (tertiary/aromatic N) is 2. The molecule has 0 aliphatic heterocycles. The summed E-state index contributed by atoms with van der Waals surface area (Å²) in [6.45, 7) is 0. The Hall–Kier alpha value is -2.80. The lowest BCUT2D eigenvalue weighted by molar-refractivity contribution is 0.102. The number of nitrogens with one attached hydrogen (secondary N) is 3. The number of aromatic nitrogens is 3. The van der Waals surface area contributed by atoms with Gasteiger partial charge in [0.1, 0.15) is 6.33 Å². The molecule has 0 unspecified atom stereocenters. The highest BCUT2D eigenvalue weighted by molar-refractivity contribution is 7.98. The van der Waals surface area contributed by atoms with E-state index in [2.05, 4.69) is 25.8 Å². The molecule has 4 rings (SSSR count). The third-order valence-electron chi connectivity index (χ3n) is 5.10. The van der Waals surface area contributed by atoms with E-state index in [1.54, 1.807) is 11.8 Å². The van der Waals surface area contributed by atoms with Crippen molar-refractivity contribution in [3.05, 3.63) is 66.0 Å². The molecule has 0 atom stereocenters. The van der Waals surface area contributed by atoms with Crippen LogP contribution in [0.2, 0.25) is 0 Å². The SMILES string of the molecule is O=C(Nc1ccc(NC2CCCCC2)cc1)c1ccc(CSc2ncn[nH]2)cc1. The van der Waals surface area contributed by atoms with Gasteiger partial charge in [-0.2, -0.15) is 5.10 Å². The molecule has 0 bridgehead atoms. The average Bonchev–Trinajstić information content (AvgIpc) is 3.28. The molecule has 1 aromatic heterocycles. The van der Waals surface area contributed by atoms with E-state index in [1.807, 2.05) is 48.5 Å². The van der Waals surface area contributed by atoms with Gasteiger partial charge in [0, 0.05) is 28.7 Å². The quantitative estimate of drug-likeness (QED) is 0.475. The van der Waals surface area contributed by atoms with Crippen LogP contribution in [-0.4, -0.2) is 27.1 Å². The number of rotatable bonds is 7. The van der Waals surface area contributed by atoms with E-state index in [0.717, 1.165) is 27.8 Å². The van der Waals surface area contributed by atoms with Crippen molar-refractivity contribution < 1.29 is 4.79 Å². The molecule has 1 amide bonds. The largest absolute Gasteiger partial charge is 0.382 e. The molecule has 0 radical (unpaired) electrons. The maximum atomic E-state index is 12.5. The van der Waals surface area contributed by atoms with Gasteiger partial charge in [0.25, 0.3) is 5.91 Å². The summed E-state index contributed by atoms with van der Waals surface area (Å²) in [7, 11) is 0. The Kier molecular flexibility index (Phi) is 6.46. The van der Waals surface area contributed by atoms with Gasteiger partial charge in [-0.05, 0) is 54.8 Å². The van der Waals surface area contributed by atoms with Crippen LogP contribution in [0.5, 0.6) is 0 Å². The van der Waals surface area contributed by atoms with Gasteiger partial charge in [-0.15, -0.1) is 0 Å². The second-order valence-corrected chi connectivity index (χ2v) is 8.25. The summed E-state index contributed by atoms with van der Waals surface area (Å²) in [5.74, 6) is 0.666. The first kappa shape index (κ1) is 19.5. The molecule has 1 saturated carbocycles. The van der Waals surface area contributed by atoms with Crippen LogP contribution in [0, 0.1) is 0 Å². The highest BCUT2D eigenvalue weighted by Gasteiger charge is 2.13. The van der Waals surface area contributed by atoms with Crippen LogP contribution in [-0.2, 0) is 5.75 Å². The summed E-state index contributed by atoms with van der Waals surface area (Å²) < 4.78 is 0. The van der Waals surface area contributed by atoms with Crippen molar-refractivity contribution in [1.82, 2.24) is 15.2 Å². The van der Waals surface area contributed by atoms with Crippen LogP contribution in [0.3, 0.4) is 0 Å². The molecular formula is C22H25N5OS. The van der Waals surface area contributed by atoms with Gasteiger partial charge in [0.05, 0.1) is 0 Å². The molecule has 3 aromatic rings. The summed E-state index contributed by atoms with van der Waals surface area (Å²) in [4.78, 5) is 16.6. The smallest absolute Gasteiger partial charge is 0.255 e. The van der Waals surface area contributed by atoms with Gasteiger partial charge in [0.15, 0.2) is 5.16 Å². The first-order chi connectivity index (χ1) is 14.3. The van der Waals surface area contributed by atoms with Gasteiger partial charge in [-0.1, -0.05) is 43.2 Å². The maximum absolute atomic E-state index is 12.5. The molecule has 1 fully saturated rings. The minimum absolute atomic E-state index is 0.104. The van der Waals surface area contributed by atoms with Crippen molar-refractivity contribution in [2.45, 2.75) is 49.1 Å². The number of H-pyrrole nitrogens is 1. The first-order valence-electron chi connectivity index (χ1n) is 10.0. The third kappa shape index (κ3) is 5.60. The van der Waals surface area contributed by atoms with E-state index >= 15 is 0 Å². The Bertz CT molecular complexity index is 903. The van der Waals surface area contributed by atoms with Crippen molar-refractivity contribution in [2.75, 3.05) is 10.6 Å². The zero-order valence-corrected chi connectivity index (χ0v) is 17.0. The topological polar surface area (TPSA) is 82.7 Å². The van der Waals surface area contributed by atoms with E-state index in [-0.39, 0.29) is 5.91 Å². The number of amides is 1. The van der Waals surface area contributed by atoms with Crippen LogP contribution in [0.15, 0.2) is 60.0 Å². The monoisotopic (exact) mass is 407 g/mol. The van der Waals surface area contributed by atoms with E-state index < -0.39 is 0 Å². The van der Waals surface area contributed by atoms with Crippen molar-refractivity contribution >= 4 is 29.0 Å². The van der Waals surface area contributed by atoms with Gasteiger partial charge >= 0.3 is 0 Å². The van der Waals surface area contributed by atoms with Gasteiger partial charge in [-0.25, -0.2) is 4.98 Å². The number of benzene rings is 2. The Morgan fingerprint density at radius 2 is 1.72 bits per heavy atom. The molecule has 0 saturated heterocycles. The summed E-state index contributed by atoms with van der Waals surface area (Å²) in [5.41, 5.74) is 3.68. The first-order valence-corrected chi connectivity index (χ1v) is 11.0.